The summed E-state index contributed by atoms with van der Waals surface area (Å²) in [5.41, 5.74) is 0.330. The number of hydrogen-bond acceptors (Lipinski definition) is 4. The van der Waals surface area contributed by atoms with Gasteiger partial charge in [0.2, 0.25) is 0 Å². The molecule has 2 atom stereocenters. The smallest absolute Gasteiger partial charge is 0.411 e. The second-order valence-electron chi connectivity index (χ2n) is 8.29. The summed E-state index contributed by atoms with van der Waals surface area (Å²) in [5.74, 6) is 0. The summed E-state index contributed by atoms with van der Waals surface area (Å²) >= 11 is 8.45. The Kier molecular flexibility index (Phi) is 3.72. The molecule has 1 amide bonds. The quantitative estimate of drug-likeness (QED) is 0.495. The number of halogens is 1. The van der Waals surface area contributed by atoms with E-state index in [-0.39, 0.29) is 17.1 Å². The maximum atomic E-state index is 12.4. The molecular formula is C18H24ClNO3S. The van der Waals surface area contributed by atoms with Gasteiger partial charge in [0.05, 0.1) is 12.2 Å². The van der Waals surface area contributed by atoms with Crippen molar-refractivity contribution in [1.82, 2.24) is 4.90 Å². The topological polar surface area (TPSA) is 38.8 Å². The second kappa shape index (κ2) is 5.36. The van der Waals surface area contributed by atoms with Crippen LogP contribution in [-0.2, 0) is 20.5 Å². The van der Waals surface area contributed by atoms with Crippen LogP contribution < -0.4 is 0 Å². The number of rotatable bonds is 0. The predicted octanol–water partition coefficient (Wildman–Crippen LogP) is 4.60. The minimum Gasteiger partial charge on any atom is -0.444 e. The Hall–Kier alpha value is -0.780. The Bertz CT molecular complexity index is 663. The van der Waals surface area contributed by atoms with Crippen molar-refractivity contribution < 1.29 is 14.3 Å². The van der Waals surface area contributed by atoms with Crippen LogP contribution in [0.15, 0.2) is 11.4 Å². The van der Waals surface area contributed by atoms with Gasteiger partial charge in [-0.2, -0.15) is 0 Å². The number of alkyl halides is 1. The third-order valence-corrected chi connectivity index (χ3v) is 6.89. The maximum absolute atomic E-state index is 12.4. The van der Waals surface area contributed by atoms with Crippen LogP contribution >= 0.6 is 22.9 Å². The molecule has 4 nitrogen and oxygen atoms in total. The predicted molar refractivity (Wildman–Crippen MR) is 94.7 cm³/mol. The van der Waals surface area contributed by atoms with E-state index in [0.717, 1.165) is 13.0 Å². The van der Waals surface area contributed by atoms with Crippen molar-refractivity contribution in [2.75, 3.05) is 13.2 Å². The highest BCUT2D eigenvalue weighted by Gasteiger charge is 2.56. The number of likely N-dealkylation sites (tertiary alicyclic amines) is 1. The number of hydrogen-bond donors (Lipinski definition) is 0. The van der Waals surface area contributed by atoms with Gasteiger partial charge < -0.3 is 9.47 Å². The van der Waals surface area contributed by atoms with Gasteiger partial charge in [-0.25, -0.2) is 4.79 Å². The van der Waals surface area contributed by atoms with Gasteiger partial charge >= 0.3 is 6.09 Å². The van der Waals surface area contributed by atoms with E-state index in [0.29, 0.717) is 13.0 Å². The molecule has 0 radical (unpaired) electrons. The van der Waals surface area contributed by atoms with Gasteiger partial charge in [-0.05, 0) is 57.0 Å². The van der Waals surface area contributed by atoms with Crippen LogP contribution in [-0.4, -0.2) is 35.2 Å². The molecule has 2 aliphatic heterocycles. The summed E-state index contributed by atoms with van der Waals surface area (Å²) in [6, 6.07) is 2.20. The van der Waals surface area contributed by atoms with Gasteiger partial charge in [0, 0.05) is 23.3 Å². The Balaban J connectivity index is 1.54. The third-order valence-electron chi connectivity index (χ3n) is 5.34. The van der Waals surface area contributed by atoms with Crippen molar-refractivity contribution in [2.24, 2.45) is 0 Å². The molecule has 132 valence electrons. The lowest BCUT2D eigenvalue weighted by atomic mass is 9.79. The summed E-state index contributed by atoms with van der Waals surface area (Å²) in [5, 5.41) is 2.17. The number of carbonyl (C=O) groups is 1. The Morgan fingerprint density at radius 3 is 2.79 bits per heavy atom. The van der Waals surface area contributed by atoms with Crippen LogP contribution in [0.3, 0.4) is 0 Å². The average Bonchev–Trinajstić information content (AvgIpc) is 3.06. The first kappa shape index (κ1) is 16.7. The van der Waals surface area contributed by atoms with Crippen molar-refractivity contribution >= 4 is 29.0 Å². The average molecular weight is 370 g/mol. The van der Waals surface area contributed by atoms with Crippen LogP contribution in [0.25, 0.3) is 0 Å². The highest BCUT2D eigenvalue weighted by molar-refractivity contribution is 7.10. The zero-order valence-electron chi connectivity index (χ0n) is 14.4. The molecule has 3 heterocycles. The number of ether oxygens (including phenoxy) is 2. The van der Waals surface area contributed by atoms with Crippen LogP contribution in [0, 0.1) is 0 Å². The van der Waals surface area contributed by atoms with Crippen molar-refractivity contribution in [3.8, 4) is 0 Å². The first-order chi connectivity index (χ1) is 11.2. The number of thiophene rings is 1. The molecule has 1 aliphatic carbocycles. The molecule has 24 heavy (non-hydrogen) atoms. The summed E-state index contributed by atoms with van der Waals surface area (Å²) < 4.78 is 11.9. The minimum atomic E-state index is -0.511. The molecule has 0 N–H and O–H groups in total. The fourth-order valence-electron chi connectivity index (χ4n) is 3.85. The van der Waals surface area contributed by atoms with Gasteiger partial charge in [-0.15, -0.1) is 11.3 Å². The molecule has 2 spiro atoms. The molecule has 2 unspecified atom stereocenters. The van der Waals surface area contributed by atoms with E-state index in [1.54, 1.807) is 4.90 Å². The lowest BCUT2D eigenvalue weighted by Crippen LogP contribution is -2.53. The fourth-order valence-corrected chi connectivity index (χ4v) is 5.51. The zero-order chi connectivity index (χ0) is 17.2. The van der Waals surface area contributed by atoms with E-state index in [4.69, 9.17) is 21.1 Å². The van der Waals surface area contributed by atoms with Gasteiger partial charge in [-0.3, -0.25) is 4.90 Å². The van der Waals surface area contributed by atoms with Crippen molar-refractivity contribution in [2.45, 2.75) is 68.6 Å². The summed E-state index contributed by atoms with van der Waals surface area (Å²) in [6.07, 6.45) is 3.51. The highest BCUT2D eigenvalue weighted by Crippen LogP contribution is 2.59. The van der Waals surface area contributed by atoms with Crippen LogP contribution in [0.5, 0.6) is 0 Å². The van der Waals surface area contributed by atoms with Crippen LogP contribution in [0.4, 0.5) is 4.79 Å². The van der Waals surface area contributed by atoms with Gasteiger partial charge in [0.25, 0.3) is 0 Å². The monoisotopic (exact) mass is 369 g/mol. The first-order valence-electron chi connectivity index (χ1n) is 8.61. The Labute approximate surface area is 152 Å². The number of nitrogens with zero attached hydrogens (tertiary/aromatic N) is 1. The summed E-state index contributed by atoms with van der Waals surface area (Å²) in [6.45, 7) is 6.96. The third kappa shape index (κ3) is 2.65. The minimum absolute atomic E-state index is 0.277. The number of carbonyl (C=O) groups excluding carboxylic acids is 1. The van der Waals surface area contributed by atoms with Gasteiger partial charge in [0.1, 0.15) is 11.1 Å². The van der Waals surface area contributed by atoms with E-state index >= 15 is 0 Å². The molecule has 4 rings (SSSR count). The molecule has 6 heteroatoms. The van der Waals surface area contributed by atoms with Crippen LogP contribution in [0.1, 0.15) is 56.9 Å². The lowest BCUT2D eigenvalue weighted by molar-refractivity contribution is -0.112. The Morgan fingerprint density at radius 2 is 2.17 bits per heavy atom. The molecule has 1 aromatic heterocycles. The molecule has 0 bridgehead atoms. The van der Waals surface area contributed by atoms with E-state index in [9.17, 15) is 4.79 Å². The van der Waals surface area contributed by atoms with Crippen LogP contribution in [0.2, 0.25) is 0 Å². The molecule has 0 aromatic carbocycles. The number of piperidine rings is 1. The molecule has 1 aromatic rings. The standard InChI is InChI=1S/C18H24ClNO3S/c1-16(2,3)23-15(21)20-8-7-18(10-13(20)19)12-4-9-24-14(12)17(5-6-17)11-22-18/h4,9,13H,5-8,10-11H2,1-3H3. The SMILES string of the molecule is CC(C)(C)OC(=O)N1CCC2(CC1Cl)OCC1(CC1)c1sccc12. The summed E-state index contributed by atoms with van der Waals surface area (Å²) in [4.78, 5) is 15.5. The largest absolute Gasteiger partial charge is 0.444 e. The fraction of sp³-hybridized carbons (Fsp3) is 0.722. The van der Waals surface area contributed by atoms with Gasteiger partial charge in [-0.1, -0.05) is 11.6 Å². The van der Waals surface area contributed by atoms with E-state index in [1.165, 1.54) is 23.3 Å². The van der Waals surface area contributed by atoms with E-state index in [2.05, 4.69) is 11.4 Å². The first-order valence-corrected chi connectivity index (χ1v) is 9.93. The van der Waals surface area contributed by atoms with Gasteiger partial charge in [0.15, 0.2) is 0 Å². The van der Waals surface area contributed by atoms with Crippen molar-refractivity contribution in [3.05, 3.63) is 21.9 Å². The highest BCUT2D eigenvalue weighted by atomic mass is 35.5. The lowest BCUT2D eigenvalue weighted by Gasteiger charge is -2.47. The van der Waals surface area contributed by atoms with E-state index in [1.807, 2.05) is 32.1 Å². The summed E-state index contributed by atoms with van der Waals surface area (Å²) in [7, 11) is 0. The maximum Gasteiger partial charge on any atom is 0.411 e. The molecule has 3 aliphatic rings. The molecule has 1 saturated carbocycles. The molecule has 1 saturated heterocycles. The zero-order valence-corrected chi connectivity index (χ0v) is 16.0. The number of amides is 1. The molecular weight excluding hydrogens is 346 g/mol. The number of fused-ring (bicyclic) bond motifs is 3. The second-order valence-corrected chi connectivity index (χ2v) is 9.71. The van der Waals surface area contributed by atoms with E-state index < -0.39 is 11.1 Å². The molecule has 2 fully saturated rings. The van der Waals surface area contributed by atoms with Crippen molar-refractivity contribution in [3.63, 3.8) is 0 Å². The van der Waals surface area contributed by atoms with Crippen molar-refractivity contribution in [1.29, 1.82) is 0 Å². The Morgan fingerprint density at radius 1 is 1.42 bits per heavy atom. The normalized spacial score (nSPS) is 31.2.